The maximum absolute atomic E-state index is 8.88. The molecule has 0 radical (unpaired) electrons. The Kier molecular flexibility index (Phi) is 3.99. The largest absolute Gasteiger partial charge is 0.496 e. The van der Waals surface area contributed by atoms with Crippen LogP contribution in [0.5, 0.6) is 5.75 Å². The van der Waals surface area contributed by atoms with Crippen LogP contribution in [0.4, 0.5) is 0 Å². The number of thiazole rings is 1. The van der Waals surface area contributed by atoms with Crippen molar-refractivity contribution in [3.63, 3.8) is 0 Å². The van der Waals surface area contributed by atoms with Gasteiger partial charge in [-0.2, -0.15) is 0 Å². The van der Waals surface area contributed by atoms with Crippen molar-refractivity contribution in [2.24, 2.45) is 0 Å². The van der Waals surface area contributed by atoms with E-state index in [1.165, 1.54) is 11.3 Å². The second-order valence-corrected chi connectivity index (χ2v) is 5.00. The van der Waals surface area contributed by atoms with Crippen molar-refractivity contribution in [3.8, 4) is 16.3 Å². The number of aliphatic hydroxyl groups is 1. The molecule has 0 saturated carbocycles. The minimum absolute atomic E-state index is 0.133. The lowest BCUT2D eigenvalue weighted by molar-refractivity contribution is 0.300. The monoisotopic (exact) mass is 269 g/mol. The lowest BCUT2D eigenvalue weighted by Gasteiger charge is -2.05. The lowest BCUT2D eigenvalue weighted by Crippen LogP contribution is -1.87. The minimum Gasteiger partial charge on any atom is -0.496 e. The number of aliphatic hydroxyl groups excluding tert-OH is 1. The van der Waals surface area contributed by atoms with E-state index in [4.69, 9.17) is 21.4 Å². The van der Waals surface area contributed by atoms with Crippen LogP contribution in [0, 0.1) is 0 Å². The number of hydrogen-bond donors (Lipinski definition) is 1. The predicted molar refractivity (Wildman–Crippen MR) is 69.9 cm³/mol. The highest BCUT2D eigenvalue weighted by Crippen LogP contribution is 2.34. The zero-order valence-corrected chi connectivity index (χ0v) is 10.9. The van der Waals surface area contributed by atoms with Crippen LogP contribution in [-0.4, -0.2) is 23.8 Å². The van der Waals surface area contributed by atoms with E-state index in [0.717, 1.165) is 21.2 Å². The van der Waals surface area contributed by atoms with E-state index in [9.17, 15) is 0 Å². The summed E-state index contributed by atoms with van der Waals surface area (Å²) < 4.78 is 5.28. The third-order valence-corrected chi connectivity index (χ3v) is 3.63. The van der Waals surface area contributed by atoms with Gasteiger partial charge in [0.1, 0.15) is 10.8 Å². The first kappa shape index (κ1) is 12.4. The number of benzene rings is 1. The molecule has 0 aliphatic heterocycles. The summed E-state index contributed by atoms with van der Waals surface area (Å²) in [5, 5.41) is 10.4. The molecule has 0 amide bonds. The highest BCUT2D eigenvalue weighted by Gasteiger charge is 2.10. The third-order valence-electron chi connectivity index (χ3n) is 2.30. The SMILES string of the molecule is COc1ccc(Cl)cc1-c1ncc(CCO)s1. The Balaban J connectivity index is 2.40. The van der Waals surface area contributed by atoms with Crippen LogP contribution in [-0.2, 0) is 6.42 Å². The van der Waals surface area contributed by atoms with Crippen LogP contribution < -0.4 is 4.74 Å². The van der Waals surface area contributed by atoms with Crippen molar-refractivity contribution in [2.45, 2.75) is 6.42 Å². The fraction of sp³-hybridized carbons (Fsp3) is 0.250. The van der Waals surface area contributed by atoms with Crippen LogP contribution in [0.1, 0.15) is 4.88 Å². The normalized spacial score (nSPS) is 10.5. The van der Waals surface area contributed by atoms with E-state index in [0.29, 0.717) is 11.4 Å². The molecular formula is C12H12ClNO2S. The molecule has 0 saturated heterocycles. The summed E-state index contributed by atoms with van der Waals surface area (Å²) in [4.78, 5) is 5.37. The van der Waals surface area contributed by atoms with Gasteiger partial charge in [-0.25, -0.2) is 4.98 Å². The van der Waals surface area contributed by atoms with Crippen molar-refractivity contribution >= 4 is 22.9 Å². The second kappa shape index (κ2) is 5.49. The molecule has 17 heavy (non-hydrogen) atoms. The first-order chi connectivity index (χ1) is 8.24. The molecule has 1 aromatic carbocycles. The van der Waals surface area contributed by atoms with Crippen molar-refractivity contribution in [3.05, 3.63) is 34.3 Å². The van der Waals surface area contributed by atoms with Crippen LogP contribution in [0.25, 0.3) is 10.6 Å². The van der Waals surface area contributed by atoms with Crippen LogP contribution in [0.15, 0.2) is 24.4 Å². The molecule has 1 N–H and O–H groups in total. The first-order valence-electron chi connectivity index (χ1n) is 5.14. The van der Waals surface area contributed by atoms with Gasteiger partial charge in [-0.15, -0.1) is 11.3 Å². The maximum Gasteiger partial charge on any atom is 0.129 e. The van der Waals surface area contributed by atoms with Gasteiger partial charge in [0.15, 0.2) is 0 Å². The van der Waals surface area contributed by atoms with Gasteiger partial charge < -0.3 is 9.84 Å². The molecule has 3 nitrogen and oxygen atoms in total. The Bertz CT molecular complexity index is 513. The summed E-state index contributed by atoms with van der Waals surface area (Å²) in [5.74, 6) is 0.749. The molecule has 90 valence electrons. The molecule has 0 unspecified atom stereocenters. The standard InChI is InChI=1S/C12H12ClNO2S/c1-16-11-3-2-8(13)6-10(11)12-14-7-9(17-12)4-5-15/h2-3,6-7,15H,4-5H2,1H3. The van der Waals surface area contributed by atoms with Crippen molar-refractivity contribution in [2.75, 3.05) is 13.7 Å². The Hall–Kier alpha value is -1.10. The van der Waals surface area contributed by atoms with Gasteiger partial charge in [0, 0.05) is 29.1 Å². The van der Waals surface area contributed by atoms with E-state index in [-0.39, 0.29) is 6.61 Å². The number of nitrogens with zero attached hydrogens (tertiary/aromatic N) is 1. The van der Waals surface area contributed by atoms with E-state index in [1.807, 2.05) is 12.1 Å². The molecule has 0 fully saturated rings. The van der Waals surface area contributed by atoms with Gasteiger partial charge in [0.25, 0.3) is 0 Å². The van der Waals surface area contributed by atoms with E-state index in [2.05, 4.69) is 4.98 Å². The van der Waals surface area contributed by atoms with Crippen molar-refractivity contribution in [1.29, 1.82) is 0 Å². The van der Waals surface area contributed by atoms with E-state index in [1.54, 1.807) is 19.4 Å². The Morgan fingerprint density at radius 3 is 3.00 bits per heavy atom. The fourth-order valence-electron chi connectivity index (χ4n) is 1.51. The van der Waals surface area contributed by atoms with Crippen molar-refractivity contribution < 1.29 is 9.84 Å². The molecular weight excluding hydrogens is 258 g/mol. The fourth-order valence-corrected chi connectivity index (χ4v) is 2.60. The van der Waals surface area contributed by atoms with Crippen molar-refractivity contribution in [1.82, 2.24) is 4.98 Å². The van der Waals surface area contributed by atoms with Gasteiger partial charge in [0.2, 0.25) is 0 Å². The maximum atomic E-state index is 8.88. The summed E-state index contributed by atoms with van der Waals surface area (Å²) in [6.07, 6.45) is 2.40. The molecule has 0 aliphatic rings. The summed E-state index contributed by atoms with van der Waals surface area (Å²) in [6, 6.07) is 5.44. The number of aromatic nitrogens is 1. The number of rotatable bonds is 4. The van der Waals surface area contributed by atoms with Gasteiger partial charge in [0.05, 0.1) is 12.7 Å². The lowest BCUT2D eigenvalue weighted by atomic mass is 10.2. The average molecular weight is 270 g/mol. The smallest absolute Gasteiger partial charge is 0.129 e. The van der Waals surface area contributed by atoms with Gasteiger partial charge in [-0.05, 0) is 18.2 Å². The molecule has 5 heteroatoms. The molecule has 2 aromatic rings. The van der Waals surface area contributed by atoms with Crippen LogP contribution in [0.3, 0.4) is 0 Å². The zero-order valence-electron chi connectivity index (χ0n) is 9.31. The number of methoxy groups -OCH3 is 1. The molecule has 0 spiro atoms. The molecule has 2 rings (SSSR count). The Labute approximate surface area is 109 Å². The number of ether oxygens (including phenoxy) is 1. The van der Waals surface area contributed by atoms with Gasteiger partial charge >= 0.3 is 0 Å². The Morgan fingerprint density at radius 1 is 1.47 bits per heavy atom. The third kappa shape index (κ3) is 2.77. The van der Waals surface area contributed by atoms with Crippen LogP contribution >= 0.6 is 22.9 Å². The Morgan fingerprint density at radius 2 is 2.29 bits per heavy atom. The summed E-state index contributed by atoms with van der Waals surface area (Å²) in [6.45, 7) is 0.133. The van der Waals surface area contributed by atoms with E-state index < -0.39 is 0 Å². The minimum atomic E-state index is 0.133. The van der Waals surface area contributed by atoms with Crippen LogP contribution in [0.2, 0.25) is 5.02 Å². The molecule has 1 heterocycles. The van der Waals surface area contributed by atoms with Gasteiger partial charge in [-0.1, -0.05) is 11.6 Å². The zero-order chi connectivity index (χ0) is 12.3. The number of hydrogen-bond acceptors (Lipinski definition) is 4. The molecule has 0 bridgehead atoms. The summed E-state index contributed by atoms with van der Waals surface area (Å²) >= 11 is 7.51. The highest BCUT2D eigenvalue weighted by molar-refractivity contribution is 7.15. The van der Waals surface area contributed by atoms with Gasteiger partial charge in [-0.3, -0.25) is 0 Å². The molecule has 0 aliphatic carbocycles. The molecule has 1 aromatic heterocycles. The average Bonchev–Trinajstić information content (AvgIpc) is 2.78. The predicted octanol–water partition coefficient (Wildman–Crippen LogP) is 3.01. The second-order valence-electron chi connectivity index (χ2n) is 3.45. The molecule has 0 atom stereocenters. The number of halogens is 1. The summed E-state index contributed by atoms with van der Waals surface area (Å²) in [5.41, 5.74) is 0.884. The quantitative estimate of drug-likeness (QED) is 0.928. The van der Waals surface area contributed by atoms with E-state index >= 15 is 0 Å². The first-order valence-corrected chi connectivity index (χ1v) is 6.33. The topological polar surface area (TPSA) is 42.4 Å². The highest BCUT2D eigenvalue weighted by atomic mass is 35.5. The summed E-state index contributed by atoms with van der Waals surface area (Å²) in [7, 11) is 1.62.